The van der Waals surface area contributed by atoms with Gasteiger partial charge in [0.25, 0.3) is 0 Å². The molecular formula is C19H37B2F2N4O8P9. The number of hydrogen-bond acceptors (Lipinski definition) is 9. The van der Waals surface area contributed by atoms with Crippen LogP contribution in [0.4, 0.5) is 36.3 Å². The Balaban J connectivity index is 0. The molecule has 246 valence electrons. The number of nitrogens with two attached hydrogens (primary N) is 1. The van der Waals surface area contributed by atoms with Crippen molar-refractivity contribution in [3.8, 4) is 11.5 Å². The molecule has 0 bridgehead atoms. The maximum absolute atomic E-state index is 13.4. The van der Waals surface area contributed by atoms with E-state index in [0.29, 0.717) is 11.7 Å². The summed E-state index contributed by atoms with van der Waals surface area (Å²) in [6, 6.07) is 3.50. The number of ether oxygens (including phenoxy) is 3. The molecule has 3 N–H and O–H groups in total. The number of nitrogen functional groups attached to an aromatic ring is 1. The minimum Gasteiger partial charge on any atom is -0.494 e. The van der Waals surface area contributed by atoms with Crippen LogP contribution in [0.2, 0.25) is 0 Å². The van der Waals surface area contributed by atoms with Crippen LogP contribution < -0.4 is 20.5 Å². The topological polar surface area (TPSA) is 169 Å². The van der Waals surface area contributed by atoms with Crippen LogP contribution in [0.1, 0.15) is 20.8 Å². The van der Waals surface area contributed by atoms with Crippen molar-refractivity contribution >= 4 is 119 Å². The molecule has 2 aromatic carbocycles. The van der Waals surface area contributed by atoms with Crippen molar-refractivity contribution in [3.05, 3.63) is 56.1 Å². The number of carbonyl (C=O) groups is 1. The lowest BCUT2D eigenvalue weighted by atomic mass is 10.2. The second-order valence-corrected chi connectivity index (χ2v) is 24.5. The third-order valence-corrected chi connectivity index (χ3v) is 18.1. The number of anilines is 2. The van der Waals surface area contributed by atoms with E-state index in [1.54, 1.807) is 20.8 Å². The number of hydrogen-bond donors (Lipinski definition) is 2. The Hall–Kier alpha value is -0.230. The number of nitro groups is 2. The zero-order valence-electron chi connectivity index (χ0n) is 24.4. The van der Waals surface area contributed by atoms with Crippen molar-refractivity contribution in [2.24, 2.45) is 0 Å². The van der Waals surface area contributed by atoms with E-state index in [2.05, 4.69) is 73.3 Å². The largest absolute Gasteiger partial charge is 0.494 e. The first kappa shape index (κ1) is 45.9. The monoisotopic (exact) mass is 788 g/mol. The van der Waals surface area contributed by atoms with E-state index in [4.69, 9.17) is 15.2 Å². The van der Waals surface area contributed by atoms with E-state index in [9.17, 15) is 33.8 Å². The van der Waals surface area contributed by atoms with E-state index >= 15 is 0 Å². The molecule has 0 saturated carbocycles. The molecule has 8 unspecified atom stereocenters. The fourth-order valence-corrected chi connectivity index (χ4v) is 2.24. The molecule has 0 aliphatic heterocycles. The van der Waals surface area contributed by atoms with Gasteiger partial charge in [0, 0.05) is 24.3 Å². The van der Waals surface area contributed by atoms with Crippen molar-refractivity contribution in [1.29, 1.82) is 0 Å². The SMILES string of the molecule is COc1cc(F)c([N+](=O)[O-])cc1N.COc1cc(F)c([N+](=O)[O-])cc1NC(=O)OC(C)(C)C.PB(P)P(P)P.PPB(P)P. The number of methoxy groups -OCH3 is 2. The highest BCUT2D eigenvalue weighted by atomic mass is 32.4. The first-order valence-corrected chi connectivity index (χ1v) is 21.9. The molecule has 0 spiro atoms. The van der Waals surface area contributed by atoms with Gasteiger partial charge in [-0.25, -0.2) is 4.79 Å². The van der Waals surface area contributed by atoms with Gasteiger partial charge in [-0.15, -0.1) is 34.9 Å². The first-order chi connectivity index (χ1) is 20.1. The highest BCUT2D eigenvalue weighted by Crippen LogP contribution is 2.58. The lowest BCUT2D eigenvalue weighted by Gasteiger charge is -2.20. The minimum absolute atomic E-state index is 0.0376. The molecule has 1 amide bonds. The first-order valence-electron chi connectivity index (χ1n) is 11.7. The Morgan fingerprint density at radius 1 is 0.955 bits per heavy atom. The van der Waals surface area contributed by atoms with Crippen molar-refractivity contribution in [2.75, 3.05) is 25.3 Å². The third kappa shape index (κ3) is 20.1. The van der Waals surface area contributed by atoms with Crippen LogP contribution in [0.5, 0.6) is 11.5 Å². The predicted octanol–water partition coefficient (Wildman–Crippen LogP) is 7.39. The van der Waals surface area contributed by atoms with Gasteiger partial charge in [-0.1, -0.05) is 7.18 Å². The molecule has 0 aliphatic rings. The lowest BCUT2D eigenvalue weighted by Crippen LogP contribution is -2.27. The van der Waals surface area contributed by atoms with Crippen LogP contribution in [-0.2, 0) is 4.74 Å². The average Bonchev–Trinajstić information content (AvgIpc) is 2.90. The van der Waals surface area contributed by atoms with Gasteiger partial charge in [0.2, 0.25) is 23.4 Å². The fourth-order valence-electron chi connectivity index (χ4n) is 2.24. The number of nitro benzene ring substituents is 2. The number of halogens is 2. The molecule has 0 aliphatic carbocycles. The molecule has 0 heterocycles. The van der Waals surface area contributed by atoms with E-state index in [1.807, 2.05) is 0 Å². The normalized spacial score (nSPS) is 10.2. The summed E-state index contributed by atoms with van der Waals surface area (Å²) in [5.41, 5.74) is 3.18. The van der Waals surface area contributed by atoms with Crippen molar-refractivity contribution in [3.63, 3.8) is 0 Å². The van der Waals surface area contributed by atoms with E-state index in [-0.39, 0.29) is 30.1 Å². The van der Waals surface area contributed by atoms with Gasteiger partial charge in [-0.05, 0) is 20.8 Å². The van der Waals surface area contributed by atoms with Gasteiger partial charge < -0.3 is 19.9 Å². The van der Waals surface area contributed by atoms with Crippen LogP contribution in [-0.4, -0.2) is 47.5 Å². The number of amides is 1. The Bertz CT molecular complexity index is 1250. The minimum atomic E-state index is -1.05. The molecule has 0 aromatic heterocycles. The Morgan fingerprint density at radius 2 is 1.34 bits per heavy atom. The smallest absolute Gasteiger partial charge is 0.412 e. The molecule has 2 rings (SSSR count). The van der Waals surface area contributed by atoms with E-state index in [1.165, 1.54) is 14.2 Å². The Labute approximate surface area is 275 Å². The second kappa shape index (κ2) is 23.2. The van der Waals surface area contributed by atoms with Gasteiger partial charge in [0.1, 0.15) is 17.1 Å². The fraction of sp³-hybridized carbons (Fsp3) is 0.316. The summed E-state index contributed by atoms with van der Waals surface area (Å²) < 4.78 is 40.8. The summed E-state index contributed by atoms with van der Waals surface area (Å²) in [5.74, 6) is -0.588. The van der Waals surface area contributed by atoms with Gasteiger partial charge in [-0.2, -0.15) is 45.3 Å². The maximum Gasteiger partial charge on any atom is 0.412 e. The summed E-state index contributed by atoms with van der Waals surface area (Å²) in [5, 5.41) is 23.2. The highest BCUT2D eigenvalue weighted by molar-refractivity contribution is 8.65. The van der Waals surface area contributed by atoms with Gasteiger partial charge >= 0.3 is 17.5 Å². The van der Waals surface area contributed by atoms with Crippen LogP contribution in [0, 0.1) is 31.9 Å². The van der Waals surface area contributed by atoms with Crippen LogP contribution >= 0.6 is 78.6 Å². The number of nitrogens with zero attached hydrogens (tertiary/aromatic N) is 2. The van der Waals surface area contributed by atoms with Crippen LogP contribution in [0.15, 0.2) is 24.3 Å². The molecule has 8 atom stereocenters. The van der Waals surface area contributed by atoms with E-state index < -0.39 is 44.6 Å². The zero-order chi connectivity index (χ0) is 34.9. The molecule has 12 nitrogen and oxygen atoms in total. The van der Waals surface area contributed by atoms with Gasteiger partial charge in [0.05, 0.1) is 35.4 Å². The Morgan fingerprint density at radius 3 is 1.66 bits per heavy atom. The summed E-state index contributed by atoms with van der Waals surface area (Å²) >= 11 is 0. The summed E-state index contributed by atoms with van der Waals surface area (Å²) in [4.78, 5) is 30.8. The van der Waals surface area contributed by atoms with Gasteiger partial charge in [0.15, 0.2) is 0 Å². The third-order valence-electron chi connectivity index (χ3n) is 4.13. The summed E-state index contributed by atoms with van der Waals surface area (Å²) in [7, 11) is 22.6. The van der Waals surface area contributed by atoms with Gasteiger partial charge in [-0.3, -0.25) is 25.5 Å². The zero-order valence-corrected chi connectivity index (χ0v) is 34.4. The Kier molecular flexibility index (Phi) is 24.1. The molecule has 25 heteroatoms. The van der Waals surface area contributed by atoms with E-state index in [0.717, 1.165) is 32.4 Å². The summed E-state index contributed by atoms with van der Waals surface area (Å²) in [6.07, 6.45) is -0.822. The number of carbonyl (C=O) groups excluding carboxylic acids is 1. The number of benzene rings is 2. The van der Waals surface area contributed by atoms with Crippen LogP contribution in [0.25, 0.3) is 0 Å². The molecule has 0 radical (unpaired) electrons. The molecule has 0 saturated heterocycles. The number of rotatable bonds is 7. The highest BCUT2D eigenvalue weighted by Gasteiger charge is 2.22. The van der Waals surface area contributed by atoms with Crippen LogP contribution in [0.3, 0.4) is 0 Å². The molecule has 0 fully saturated rings. The quantitative estimate of drug-likeness (QED) is 0.0956. The maximum atomic E-state index is 13.4. The lowest BCUT2D eigenvalue weighted by molar-refractivity contribution is -0.387. The molecular weight excluding hydrogens is 751 g/mol. The summed E-state index contributed by atoms with van der Waals surface area (Å²) in [6.45, 7) is 4.99. The average molecular weight is 788 g/mol. The molecule has 44 heavy (non-hydrogen) atoms. The standard InChI is InChI=1S/C12H15FN2O5.C7H7FN2O3.BH8P5.BH7P4/c1-12(2,3)20-11(16)14-8-6-9(15(17)18)7(13)5-10(8)19-4;1-13-7-2-4(8)6(10(11)12)3-5(7)9;2-1(3)6(4)5;2-1(3)5-4/h5-6H,1-4H3,(H,14,16);2-3H,9H2,1H3;2-5H2;5H,2-4H2. The second-order valence-electron chi connectivity index (χ2n) is 8.82. The molecule has 2 aromatic rings. The predicted molar refractivity (Wildman–Crippen MR) is 208 cm³/mol. The van der Waals surface area contributed by atoms with Crippen molar-refractivity contribution < 1.29 is 37.6 Å². The number of nitrogens with one attached hydrogen (secondary N) is 1. The van der Waals surface area contributed by atoms with Crippen molar-refractivity contribution in [2.45, 2.75) is 26.4 Å². The van der Waals surface area contributed by atoms with Crippen molar-refractivity contribution in [1.82, 2.24) is 0 Å².